The Bertz CT molecular complexity index is 343. The minimum atomic E-state index is -0.505. The van der Waals surface area contributed by atoms with Crippen molar-refractivity contribution in [2.45, 2.75) is 32.3 Å². The number of rotatable bonds is 4. The molecule has 1 heterocycles. The Morgan fingerprint density at radius 1 is 1.65 bits per heavy atom. The topological polar surface area (TPSA) is 90.4 Å². The molecule has 3 N–H and O–H groups in total. The fraction of sp³-hybridized carbons (Fsp3) is 0.636. The quantitative estimate of drug-likeness (QED) is 0.827. The van der Waals surface area contributed by atoms with Crippen LogP contribution < -0.4 is 11.1 Å². The van der Waals surface area contributed by atoms with E-state index in [0.717, 1.165) is 0 Å². The maximum absolute atomic E-state index is 11.4. The van der Waals surface area contributed by atoms with E-state index in [4.69, 9.17) is 14.9 Å². The third-order valence-corrected chi connectivity index (χ3v) is 2.03. The summed E-state index contributed by atoms with van der Waals surface area (Å²) in [4.78, 5) is 15.2. The van der Waals surface area contributed by atoms with Crippen LogP contribution in [0.5, 0.6) is 0 Å². The third kappa shape index (κ3) is 4.86. The number of nitrogens with zero attached hydrogens (tertiary/aromatic N) is 1. The molecule has 1 aromatic heterocycles. The van der Waals surface area contributed by atoms with Crippen molar-refractivity contribution in [2.75, 3.05) is 13.1 Å². The molecule has 0 radical (unpaired) electrons. The summed E-state index contributed by atoms with van der Waals surface area (Å²) < 4.78 is 10.2. The number of nitrogens with one attached hydrogen (secondary N) is 1. The van der Waals surface area contributed by atoms with Gasteiger partial charge in [-0.25, -0.2) is 9.78 Å². The smallest absolute Gasteiger partial charge is 0.407 e. The largest absolute Gasteiger partial charge is 0.448 e. The van der Waals surface area contributed by atoms with Gasteiger partial charge >= 0.3 is 6.09 Å². The van der Waals surface area contributed by atoms with Crippen molar-refractivity contribution in [3.05, 3.63) is 18.4 Å². The number of oxazole rings is 1. The maximum atomic E-state index is 11.4. The van der Waals surface area contributed by atoms with Gasteiger partial charge in [-0.2, -0.15) is 0 Å². The molecular formula is C11H19N3O3. The van der Waals surface area contributed by atoms with Crippen molar-refractivity contribution in [2.24, 2.45) is 5.73 Å². The van der Waals surface area contributed by atoms with Gasteiger partial charge < -0.3 is 20.2 Å². The van der Waals surface area contributed by atoms with E-state index in [1.807, 2.05) is 20.8 Å². The molecule has 1 atom stereocenters. The zero-order chi connectivity index (χ0) is 12.9. The summed E-state index contributed by atoms with van der Waals surface area (Å²) in [5.74, 6) is 0.563. The highest BCUT2D eigenvalue weighted by Crippen LogP contribution is 2.13. The lowest BCUT2D eigenvalue weighted by Gasteiger charge is -2.20. The molecule has 0 fully saturated rings. The molecule has 0 saturated heterocycles. The highest BCUT2D eigenvalue weighted by atomic mass is 16.6. The van der Waals surface area contributed by atoms with E-state index >= 15 is 0 Å². The number of aromatic nitrogens is 1. The number of carbonyl (C=O) groups is 1. The van der Waals surface area contributed by atoms with Crippen molar-refractivity contribution >= 4 is 6.09 Å². The molecule has 1 aromatic rings. The van der Waals surface area contributed by atoms with Crippen LogP contribution in [0.3, 0.4) is 0 Å². The number of hydrogen-bond donors (Lipinski definition) is 2. The van der Waals surface area contributed by atoms with Gasteiger partial charge in [0.15, 0.2) is 6.39 Å². The lowest BCUT2D eigenvalue weighted by atomic mass is 10.1. The monoisotopic (exact) mass is 241 g/mol. The summed E-state index contributed by atoms with van der Waals surface area (Å²) in [5, 5.41) is 2.65. The Morgan fingerprint density at radius 2 is 2.35 bits per heavy atom. The van der Waals surface area contributed by atoms with Crippen LogP contribution in [0.2, 0.25) is 0 Å². The summed E-state index contributed by atoms with van der Waals surface area (Å²) in [6, 6.07) is 0. The van der Waals surface area contributed by atoms with E-state index in [1.54, 1.807) is 6.20 Å². The van der Waals surface area contributed by atoms with E-state index < -0.39 is 11.7 Å². The third-order valence-electron chi connectivity index (χ3n) is 2.03. The number of carbonyl (C=O) groups excluding carboxylic acids is 1. The summed E-state index contributed by atoms with van der Waals surface area (Å²) >= 11 is 0. The first-order valence-electron chi connectivity index (χ1n) is 5.47. The van der Waals surface area contributed by atoms with Crippen LogP contribution in [0.1, 0.15) is 32.4 Å². The van der Waals surface area contributed by atoms with Gasteiger partial charge in [-0.1, -0.05) is 0 Å². The van der Waals surface area contributed by atoms with E-state index in [0.29, 0.717) is 18.8 Å². The molecule has 0 aromatic carbocycles. The van der Waals surface area contributed by atoms with Crippen LogP contribution in [0.25, 0.3) is 0 Å². The summed E-state index contributed by atoms with van der Waals surface area (Å²) in [6.45, 7) is 6.15. The van der Waals surface area contributed by atoms with Crippen LogP contribution >= 0.6 is 0 Å². The molecule has 96 valence electrons. The molecule has 1 amide bonds. The molecule has 6 heteroatoms. The van der Waals surface area contributed by atoms with Gasteiger partial charge in [-0.05, 0) is 20.8 Å². The number of nitrogens with two attached hydrogens (primary N) is 1. The van der Waals surface area contributed by atoms with Crippen LogP contribution in [0, 0.1) is 0 Å². The minimum Gasteiger partial charge on any atom is -0.448 e. The van der Waals surface area contributed by atoms with Gasteiger partial charge in [0.2, 0.25) is 0 Å². The van der Waals surface area contributed by atoms with Crippen LogP contribution in [0.15, 0.2) is 17.0 Å². The van der Waals surface area contributed by atoms with Gasteiger partial charge in [0.1, 0.15) is 11.4 Å². The standard InChI is InChI=1S/C11H19N3O3/c1-11(2,3)17-10(15)14-5-8(4-12)9-6-13-7-16-9/h6-8H,4-5,12H2,1-3H3,(H,14,15). The second kappa shape index (κ2) is 5.67. The molecule has 0 aliphatic rings. The van der Waals surface area contributed by atoms with Crippen LogP contribution in [-0.4, -0.2) is 29.8 Å². The van der Waals surface area contributed by atoms with E-state index in [1.165, 1.54) is 6.39 Å². The van der Waals surface area contributed by atoms with E-state index in [-0.39, 0.29) is 5.92 Å². The minimum absolute atomic E-state index is 0.0926. The number of amides is 1. The van der Waals surface area contributed by atoms with E-state index in [9.17, 15) is 4.79 Å². The second-order valence-electron chi connectivity index (χ2n) is 4.72. The fourth-order valence-corrected chi connectivity index (χ4v) is 1.25. The summed E-state index contributed by atoms with van der Waals surface area (Å²) in [5.41, 5.74) is 5.09. The van der Waals surface area contributed by atoms with Gasteiger partial charge in [-0.15, -0.1) is 0 Å². The Kier molecular flexibility index (Phi) is 4.51. The van der Waals surface area contributed by atoms with Gasteiger partial charge in [-0.3, -0.25) is 0 Å². The predicted octanol–water partition coefficient (Wildman–Crippen LogP) is 1.24. The molecule has 1 rings (SSSR count). The summed E-state index contributed by atoms with van der Waals surface area (Å²) in [6.07, 6.45) is 2.47. The lowest BCUT2D eigenvalue weighted by molar-refractivity contribution is 0.0524. The van der Waals surface area contributed by atoms with E-state index in [2.05, 4.69) is 10.3 Å². The zero-order valence-electron chi connectivity index (χ0n) is 10.4. The first kappa shape index (κ1) is 13.5. The molecule has 0 saturated carbocycles. The first-order valence-corrected chi connectivity index (χ1v) is 5.47. The van der Waals surface area contributed by atoms with Crippen molar-refractivity contribution in [3.63, 3.8) is 0 Å². The van der Waals surface area contributed by atoms with Gasteiger partial charge in [0.25, 0.3) is 0 Å². The molecule has 0 aliphatic carbocycles. The normalized spacial score (nSPS) is 13.2. The van der Waals surface area contributed by atoms with Gasteiger partial charge in [0, 0.05) is 19.0 Å². The molecule has 6 nitrogen and oxygen atoms in total. The average molecular weight is 241 g/mol. The van der Waals surface area contributed by atoms with Crippen molar-refractivity contribution in [1.29, 1.82) is 0 Å². The van der Waals surface area contributed by atoms with Crippen LogP contribution in [0.4, 0.5) is 4.79 Å². The van der Waals surface area contributed by atoms with Crippen LogP contribution in [-0.2, 0) is 4.74 Å². The zero-order valence-corrected chi connectivity index (χ0v) is 10.4. The number of alkyl carbamates (subject to hydrolysis) is 1. The molecule has 17 heavy (non-hydrogen) atoms. The molecular weight excluding hydrogens is 222 g/mol. The Hall–Kier alpha value is -1.56. The molecule has 0 spiro atoms. The van der Waals surface area contributed by atoms with Crippen molar-refractivity contribution in [3.8, 4) is 0 Å². The number of ether oxygens (including phenoxy) is 1. The predicted molar refractivity (Wildman–Crippen MR) is 62.5 cm³/mol. The Morgan fingerprint density at radius 3 is 2.82 bits per heavy atom. The number of hydrogen-bond acceptors (Lipinski definition) is 5. The Balaban J connectivity index is 2.41. The second-order valence-corrected chi connectivity index (χ2v) is 4.72. The maximum Gasteiger partial charge on any atom is 0.407 e. The highest BCUT2D eigenvalue weighted by molar-refractivity contribution is 5.67. The summed E-state index contributed by atoms with van der Waals surface area (Å²) in [7, 11) is 0. The van der Waals surface area contributed by atoms with Crippen molar-refractivity contribution in [1.82, 2.24) is 10.3 Å². The average Bonchev–Trinajstić information content (AvgIpc) is 2.69. The highest BCUT2D eigenvalue weighted by Gasteiger charge is 2.18. The lowest BCUT2D eigenvalue weighted by Crippen LogP contribution is -2.36. The Labute approximate surface area is 101 Å². The van der Waals surface area contributed by atoms with Gasteiger partial charge in [0.05, 0.1) is 6.20 Å². The molecule has 0 aliphatic heterocycles. The molecule has 1 unspecified atom stereocenters. The first-order chi connectivity index (χ1) is 7.92. The SMILES string of the molecule is CC(C)(C)OC(=O)NCC(CN)c1cnco1. The fourth-order valence-electron chi connectivity index (χ4n) is 1.25. The molecule has 0 bridgehead atoms. The van der Waals surface area contributed by atoms with Crippen molar-refractivity contribution < 1.29 is 13.9 Å².